The van der Waals surface area contributed by atoms with E-state index >= 15 is 0 Å². The molecule has 4 heteroatoms. The van der Waals surface area contributed by atoms with Crippen molar-refractivity contribution in [1.82, 2.24) is 9.80 Å². The van der Waals surface area contributed by atoms with E-state index in [1.165, 1.54) is 5.56 Å². The van der Waals surface area contributed by atoms with Crippen molar-refractivity contribution in [1.29, 1.82) is 0 Å². The van der Waals surface area contributed by atoms with E-state index in [0.29, 0.717) is 0 Å². The van der Waals surface area contributed by atoms with Crippen molar-refractivity contribution in [2.24, 2.45) is 11.7 Å². The first-order chi connectivity index (χ1) is 10.1. The summed E-state index contributed by atoms with van der Waals surface area (Å²) in [6.07, 6.45) is 0.945. The third-order valence-corrected chi connectivity index (χ3v) is 4.48. The van der Waals surface area contributed by atoms with Crippen LogP contribution in [-0.4, -0.2) is 47.9 Å². The fourth-order valence-corrected chi connectivity index (χ4v) is 2.68. The quantitative estimate of drug-likeness (QED) is 0.897. The molecular formula is C17H27N3O. The van der Waals surface area contributed by atoms with Crippen LogP contribution < -0.4 is 5.73 Å². The molecule has 1 amide bonds. The second kappa shape index (κ2) is 7.57. The Morgan fingerprint density at radius 1 is 1.19 bits per heavy atom. The van der Waals surface area contributed by atoms with Gasteiger partial charge in [0.2, 0.25) is 5.91 Å². The number of rotatable bonds is 5. The number of carbonyl (C=O) groups excluding carboxylic acids is 1. The summed E-state index contributed by atoms with van der Waals surface area (Å²) in [4.78, 5) is 16.7. The molecule has 4 nitrogen and oxygen atoms in total. The van der Waals surface area contributed by atoms with E-state index in [0.717, 1.165) is 39.1 Å². The number of hydrogen-bond donors (Lipinski definition) is 1. The molecule has 1 saturated heterocycles. The standard InChI is InChI=1S/C17H27N3O/c1-3-14(2)16(18)17(21)20-11-9-19(10-12-20)13-15-7-5-4-6-8-15/h4-8,14,16H,3,9-13,18H2,1-2H3/t14-,16-/m0/s1. The van der Waals surface area contributed by atoms with Gasteiger partial charge >= 0.3 is 0 Å². The van der Waals surface area contributed by atoms with Crippen LogP contribution in [0.3, 0.4) is 0 Å². The van der Waals surface area contributed by atoms with Crippen molar-refractivity contribution in [2.75, 3.05) is 26.2 Å². The lowest BCUT2D eigenvalue weighted by atomic mass is 9.98. The minimum Gasteiger partial charge on any atom is -0.339 e. The average Bonchev–Trinajstić information content (AvgIpc) is 2.54. The van der Waals surface area contributed by atoms with Crippen molar-refractivity contribution < 1.29 is 4.79 Å². The average molecular weight is 289 g/mol. The number of carbonyl (C=O) groups is 1. The summed E-state index contributed by atoms with van der Waals surface area (Å²) in [5, 5.41) is 0. The fourth-order valence-electron chi connectivity index (χ4n) is 2.68. The summed E-state index contributed by atoms with van der Waals surface area (Å²) in [6, 6.07) is 10.1. The molecule has 0 aromatic heterocycles. The largest absolute Gasteiger partial charge is 0.339 e. The van der Waals surface area contributed by atoms with Crippen LogP contribution in [0, 0.1) is 5.92 Å². The van der Waals surface area contributed by atoms with Crippen molar-refractivity contribution in [2.45, 2.75) is 32.9 Å². The topological polar surface area (TPSA) is 49.6 Å². The van der Waals surface area contributed by atoms with Crippen molar-refractivity contribution >= 4 is 5.91 Å². The maximum atomic E-state index is 12.3. The van der Waals surface area contributed by atoms with Gasteiger partial charge in [-0.3, -0.25) is 9.69 Å². The van der Waals surface area contributed by atoms with E-state index in [-0.39, 0.29) is 17.9 Å². The highest BCUT2D eigenvalue weighted by atomic mass is 16.2. The molecule has 1 aliphatic heterocycles. The first-order valence-electron chi connectivity index (χ1n) is 7.92. The molecule has 1 aromatic carbocycles. The lowest BCUT2D eigenvalue weighted by Crippen LogP contribution is -2.54. The number of amides is 1. The third kappa shape index (κ3) is 4.29. The summed E-state index contributed by atoms with van der Waals surface area (Å²) in [5.41, 5.74) is 7.38. The Balaban J connectivity index is 1.81. The summed E-state index contributed by atoms with van der Waals surface area (Å²) in [5.74, 6) is 0.364. The number of nitrogens with two attached hydrogens (primary N) is 1. The highest BCUT2D eigenvalue weighted by Gasteiger charge is 2.27. The zero-order valence-electron chi connectivity index (χ0n) is 13.2. The first-order valence-corrected chi connectivity index (χ1v) is 7.92. The van der Waals surface area contributed by atoms with Gasteiger partial charge in [0, 0.05) is 32.7 Å². The predicted octanol–water partition coefficient (Wildman–Crippen LogP) is 1.70. The Hall–Kier alpha value is -1.39. The molecule has 1 fully saturated rings. The van der Waals surface area contributed by atoms with Crippen LogP contribution in [0.15, 0.2) is 30.3 Å². The molecular weight excluding hydrogens is 262 g/mol. The third-order valence-electron chi connectivity index (χ3n) is 4.48. The molecule has 0 spiro atoms. The minimum atomic E-state index is -0.351. The Bertz CT molecular complexity index is 441. The molecule has 0 aliphatic carbocycles. The zero-order valence-corrected chi connectivity index (χ0v) is 13.2. The summed E-state index contributed by atoms with van der Waals surface area (Å²) >= 11 is 0. The van der Waals surface area contributed by atoms with E-state index < -0.39 is 0 Å². The van der Waals surface area contributed by atoms with Gasteiger partial charge in [0.05, 0.1) is 6.04 Å². The SMILES string of the molecule is CC[C@H](C)[C@H](N)C(=O)N1CCN(Cc2ccccc2)CC1. The van der Waals surface area contributed by atoms with Crippen molar-refractivity contribution in [3.63, 3.8) is 0 Å². The Labute approximate surface area is 127 Å². The van der Waals surface area contributed by atoms with Crippen molar-refractivity contribution in [3.05, 3.63) is 35.9 Å². The van der Waals surface area contributed by atoms with E-state index in [4.69, 9.17) is 5.73 Å². The molecule has 2 rings (SSSR count). The lowest BCUT2D eigenvalue weighted by molar-refractivity contribution is -0.135. The molecule has 0 bridgehead atoms. The normalized spacial score (nSPS) is 19.3. The summed E-state index contributed by atoms with van der Waals surface area (Å²) in [6.45, 7) is 8.51. The monoisotopic (exact) mass is 289 g/mol. The van der Waals surface area contributed by atoms with Crippen LogP contribution in [0.1, 0.15) is 25.8 Å². The maximum Gasteiger partial charge on any atom is 0.239 e. The number of nitrogens with zero attached hydrogens (tertiary/aromatic N) is 2. The fraction of sp³-hybridized carbons (Fsp3) is 0.588. The molecule has 0 saturated carbocycles. The Morgan fingerprint density at radius 2 is 1.81 bits per heavy atom. The second-order valence-electron chi connectivity index (χ2n) is 6.00. The van der Waals surface area contributed by atoms with Crippen LogP contribution >= 0.6 is 0 Å². The van der Waals surface area contributed by atoms with Gasteiger partial charge in [-0.2, -0.15) is 0 Å². The first kappa shape index (κ1) is 16.0. The minimum absolute atomic E-state index is 0.115. The molecule has 116 valence electrons. The van der Waals surface area contributed by atoms with Gasteiger partial charge in [-0.15, -0.1) is 0 Å². The molecule has 21 heavy (non-hydrogen) atoms. The summed E-state index contributed by atoms with van der Waals surface area (Å²) in [7, 11) is 0. The number of benzene rings is 1. The van der Waals surface area contributed by atoms with Crippen LogP contribution in [0.4, 0.5) is 0 Å². The smallest absolute Gasteiger partial charge is 0.239 e. The van der Waals surface area contributed by atoms with Crippen LogP contribution in [0.25, 0.3) is 0 Å². The van der Waals surface area contributed by atoms with Crippen LogP contribution in [0.5, 0.6) is 0 Å². The maximum absolute atomic E-state index is 12.3. The highest BCUT2D eigenvalue weighted by Crippen LogP contribution is 2.12. The molecule has 1 heterocycles. The summed E-state index contributed by atoms with van der Waals surface area (Å²) < 4.78 is 0. The lowest BCUT2D eigenvalue weighted by Gasteiger charge is -2.36. The molecule has 2 N–H and O–H groups in total. The van der Waals surface area contributed by atoms with Crippen LogP contribution in [0.2, 0.25) is 0 Å². The van der Waals surface area contributed by atoms with E-state index in [2.05, 4.69) is 36.1 Å². The van der Waals surface area contributed by atoms with Gasteiger partial charge in [-0.05, 0) is 11.5 Å². The van der Waals surface area contributed by atoms with E-state index in [1.54, 1.807) is 0 Å². The van der Waals surface area contributed by atoms with Gasteiger partial charge in [0.15, 0.2) is 0 Å². The van der Waals surface area contributed by atoms with Crippen molar-refractivity contribution in [3.8, 4) is 0 Å². The predicted molar refractivity (Wildman–Crippen MR) is 85.7 cm³/mol. The molecule has 1 aromatic rings. The van der Waals surface area contributed by atoms with Crippen LogP contribution in [-0.2, 0) is 11.3 Å². The number of hydrogen-bond acceptors (Lipinski definition) is 3. The molecule has 0 unspecified atom stereocenters. The van der Waals surface area contributed by atoms with Gasteiger partial charge in [0.1, 0.15) is 0 Å². The highest BCUT2D eigenvalue weighted by molar-refractivity contribution is 5.82. The molecule has 0 radical (unpaired) electrons. The Kier molecular flexibility index (Phi) is 5.76. The zero-order chi connectivity index (χ0) is 15.2. The number of piperazine rings is 1. The van der Waals surface area contributed by atoms with Gasteiger partial charge in [-0.1, -0.05) is 50.6 Å². The Morgan fingerprint density at radius 3 is 2.38 bits per heavy atom. The van der Waals surface area contributed by atoms with Gasteiger partial charge < -0.3 is 10.6 Å². The van der Waals surface area contributed by atoms with E-state index in [1.807, 2.05) is 17.9 Å². The molecule has 1 aliphatic rings. The second-order valence-corrected chi connectivity index (χ2v) is 6.00. The van der Waals surface area contributed by atoms with Gasteiger partial charge in [-0.25, -0.2) is 0 Å². The van der Waals surface area contributed by atoms with Gasteiger partial charge in [0.25, 0.3) is 0 Å². The molecule has 2 atom stereocenters. The van der Waals surface area contributed by atoms with E-state index in [9.17, 15) is 4.79 Å².